The lowest BCUT2D eigenvalue weighted by molar-refractivity contribution is 0.482. The van der Waals surface area contributed by atoms with Crippen molar-refractivity contribution >= 4 is 0 Å². The van der Waals surface area contributed by atoms with Crippen molar-refractivity contribution in [2.45, 2.75) is 12.8 Å². The van der Waals surface area contributed by atoms with E-state index in [1.165, 1.54) is 5.56 Å². The van der Waals surface area contributed by atoms with Crippen molar-refractivity contribution in [3.05, 3.63) is 60.2 Å². The maximum atomic E-state index is 5.75. The van der Waals surface area contributed by atoms with E-state index in [2.05, 4.69) is 17.4 Å². The van der Waals surface area contributed by atoms with Gasteiger partial charge in [0.05, 0.1) is 0 Å². The topological polar surface area (TPSA) is 21.3 Å². The van der Waals surface area contributed by atoms with Gasteiger partial charge in [-0.25, -0.2) is 0 Å². The monoisotopic (exact) mass is 241 g/mol. The maximum absolute atomic E-state index is 5.75. The molecule has 0 radical (unpaired) electrons. The van der Waals surface area contributed by atoms with Gasteiger partial charge < -0.3 is 10.1 Å². The molecule has 0 unspecified atom stereocenters. The number of benzene rings is 2. The first-order valence-corrected chi connectivity index (χ1v) is 6.35. The first-order valence-electron chi connectivity index (χ1n) is 6.35. The molecule has 0 aromatic heterocycles. The van der Waals surface area contributed by atoms with Crippen molar-refractivity contribution in [3.63, 3.8) is 0 Å². The highest BCUT2D eigenvalue weighted by Crippen LogP contribution is 2.21. The van der Waals surface area contributed by atoms with E-state index in [1.807, 2.05) is 49.5 Å². The molecular weight excluding hydrogens is 222 g/mol. The maximum Gasteiger partial charge on any atom is 0.127 e. The van der Waals surface area contributed by atoms with Crippen molar-refractivity contribution in [2.24, 2.45) is 0 Å². The standard InChI is InChI=1S/C16H19NO/c1-17-13-5-6-14-9-11-16(12-10-14)18-15-7-3-2-4-8-15/h2-4,7-12,17H,5-6,13H2,1H3. The molecule has 0 heterocycles. The molecule has 0 aliphatic carbocycles. The molecule has 0 aliphatic heterocycles. The minimum Gasteiger partial charge on any atom is -0.457 e. The molecule has 0 bridgehead atoms. The molecule has 94 valence electrons. The largest absolute Gasteiger partial charge is 0.457 e. The average molecular weight is 241 g/mol. The van der Waals surface area contributed by atoms with Crippen LogP contribution in [0, 0.1) is 0 Å². The summed E-state index contributed by atoms with van der Waals surface area (Å²) in [5, 5.41) is 3.16. The highest BCUT2D eigenvalue weighted by molar-refractivity contribution is 5.32. The molecule has 2 aromatic rings. The smallest absolute Gasteiger partial charge is 0.127 e. The van der Waals surface area contributed by atoms with Crippen molar-refractivity contribution in [1.82, 2.24) is 5.32 Å². The zero-order valence-corrected chi connectivity index (χ0v) is 10.7. The summed E-state index contributed by atoms with van der Waals surface area (Å²) < 4.78 is 5.75. The zero-order valence-electron chi connectivity index (χ0n) is 10.7. The van der Waals surface area contributed by atoms with E-state index in [1.54, 1.807) is 0 Å². The lowest BCUT2D eigenvalue weighted by atomic mass is 10.1. The average Bonchev–Trinajstić information content (AvgIpc) is 2.42. The van der Waals surface area contributed by atoms with Gasteiger partial charge in [-0.3, -0.25) is 0 Å². The predicted molar refractivity (Wildman–Crippen MR) is 75.2 cm³/mol. The summed E-state index contributed by atoms with van der Waals surface area (Å²) in [7, 11) is 1.98. The Morgan fingerprint density at radius 3 is 2.22 bits per heavy atom. The second kappa shape index (κ2) is 6.82. The lowest BCUT2D eigenvalue weighted by Gasteiger charge is -2.06. The van der Waals surface area contributed by atoms with E-state index in [4.69, 9.17) is 4.74 Å². The zero-order chi connectivity index (χ0) is 12.6. The molecule has 0 atom stereocenters. The fraction of sp³-hybridized carbons (Fsp3) is 0.250. The summed E-state index contributed by atoms with van der Waals surface area (Å²) in [6, 6.07) is 18.2. The van der Waals surface area contributed by atoms with E-state index in [9.17, 15) is 0 Å². The molecule has 0 aliphatic rings. The third-order valence-corrected chi connectivity index (χ3v) is 2.79. The second-order valence-electron chi connectivity index (χ2n) is 4.27. The number of nitrogens with one attached hydrogen (secondary N) is 1. The highest BCUT2D eigenvalue weighted by Gasteiger charge is 1.97. The molecule has 2 aromatic carbocycles. The minimum absolute atomic E-state index is 0.875. The van der Waals surface area contributed by atoms with Crippen LogP contribution in [0.5, 0.6) is 11.5 Å². The third-order valence-electron chi connectivity index (χ3n) is 2.79. The molecular formula is C16H19NO. The lowest BCUT2D eigenvalue weighted by Crippen LogP contribution is -2.08. The molecule has 0 saturated heterocycles. The number of ether oxygens (including phenoxy) is 1. The Kier molecular flexibility index (Phi) is 4.79. The van der Waals surface area contributed by atoms with Gasteiger partial charge in [0.2, 0.25) is 0 Å². The summed E-state index contributed by atoms with van der Waals surface area (Å²) in [6.07, 6.45) is 2.27. The fourth-order valence-electron chi connectivity index (χ4n) is 1.82. The molecule has 18 heavy (non-hydrogen) atoms. The van der Waals surface area contributed by atoms with Gasteiger partial charge in [-0.1, -0.05) is 30.3 Å². The number of aryl methyl sites for hydroxylation is 1. The second-order valence-corrected chi connectivity index (χ2v) is 4.27. The van der Waals surface area contributed by atoms with Crippen molar-refractivity contribution < 1.29 is 4.74 Å². The Balaban J connectivity index is 1.91. The van der Waals surface area contributed by atoms with Crippen LogP contribution in [0.1, 0.15) is 12.0 Å². The van der Waals surface area contributed by atoms with Crippen LogP contribution >= 0.6 is 0 Å². The Hall–Kier alpha value is -1.80. The Labute approximate surface area is 109 Å². The number of para-hydroxylation sites is 1. The molecule has 0 spiro atoms. The fourth-order valence-corrected chi connectivity index (χ4v) is 1.82. The van der Waals surface area contributed by atoms with Crippen LogP contribution in [0.25, 0.3) is 0 Å². The summed E-state index contributed by atoms with van der Waals surface area (Å²) in [4.78, 5) is 0. The van der Waals surface area contributed by atoms with Gasteiger partial charge in [-0.05, 0) is 56.3 Å². The normalized spacial score (nSPS) is 10.3. The summed E-state index contributed by atoms with van der Waals surface area (Å²) in [6.45, 7) is 1.06. The molecule has 0 fully saturated rings. The van der Waals surface area contributed by atoms with Gasteiger partial charge in [0, 0.05) is 0 Å². The Morgan fingerprint density at radius 2 is 1.56 bits per heavy atom. The Bertz CT molecular complexity index is 450. The van der Waals surface area contributed by atoms with Crippen LogP contribution in [0.2, 0.25) is 0 Å². The van der Waals surface area contributed by atoms with Crippen LogP contribution in [-0.4, -0.2) is 13.6 Å². The van der Waals surface area contributed by atoms with Gasteiger partial charge >= 0.3 is 0 Å². The van der Waals surface area contributed by atoms with Crippen molar-refractivity contribution in [2.75, 3.05) is 13.6 Å². The number of hydrogen-bond acceptors (Lipinski definition) is 2. The van der Waals surface area contributed by atoms with Gasteiger partial charge in [-0.2, -0.15) is 0 Å². The molecule has 2 rings (SSSR count). The summed E-state index contributed by atoms with van der Waals surface area (Å²) in [5.41, 5.74) is 1.35. The van der Waals surface area contributed by atoms with Crippen LogP contribution < -0.4 is 10.1 Å². The van der Waals surface area contributed by atoms with Crippen molar-refractivity contribution in [1.29, 1.82) is 0 Å². The van der Waals surface area contributed by atoms with Gasteiger partial charge in [0.25, 0.3) is 0 Å². The van der Waals surface area contributed by atoms with Crippen molar-refractivity contribution in [3.8, 4) is 11.5 Å². The van der Waals surface area contributed by atoms with Gasteiger partial charge in [0.1, 0.15) is 11.5 Å². The van der Waals surface area contributed by atoms with E-state index in [0.29, 0.717) is 0 Å². The summed E-state index contributed by atoms with van der Waals surface area (Å²) >= 11 is 0. The van der Waals surface area contributed by atoms with E-state index < -0.39 is 0 Å². The summed E-state index contributed by atoms with van der Waals surface area (Å²) in [5.74, 6) is 1.76. The van der Waals surface area contributed by atoms with Crippen LogP contribution in [-0.2, 0) is 6.42 Å². The van der Waals surface area contributed by atoms with E-state index in [-0.39, 0.29) is 0 Å². The number of rotatable bonds is 6. The molecule has 0 amide bonds. The van der Waals surface area contributed by atoms with Gasteiger partial charge in [-0.15, -0.1) is 0 Å². The number of hydrogen-bond donors (Lipinski definition) is 1. The van der Waals surface area contributed by atoms with E-state index >= 15 is 0 Å². The van der Waals surface area contributed by atoms with Crippen LogP contribution in [0.3, 0.4) is 0 Å². The molecule has 1 N–H and O–H groups in total. The quantitative estimate of drug-likeness (QED) is 0.780. The first-order chi connectivity index (χ1) is 8.88. The van der Waals surface area contributed by atoms with Crippen LogP contribution in [0.4, 0.5) is 0 Å². The molecule has 0 saturated carbocycles. The molecule has 2 heteroatoms. The third kappa shape index (κ3) is 3.90. The van der Waals surface area contributed by atoms with Gasteiger partial charge in [0.15, 0.2) is 0 Å². The first kappa shape index (κ1) is 12.7. The SMILES string of the molecule is CNCCCc1ccc(Oc2ccccc2)cc1. The predicted octanol–water partition coefficient (Wildman–Crippen LogP) is 3.63. The Morgan fingerprint density at radius 1 is 0.889 bits per heavy atom. The highest BCUT2D eigenvalue weighted by atomic mass is 16.5. The van der Waals surface area contributed by atoms with Crippen LogP contribution in [0.15, 0.2) is 54.6 Å². The molecule has 2 nitrogen and oxygen atoms in total. The minimum atomic E-state index is 0.875. The van der Waals surface area contributed by atoms with E-state index in [0.717, 1.165) is 30.9 Å².